The molecule has 0 bridgehead atoms. The number of hydrogen-bond acceptors (Lipinski definition) is 4. The van der Waals surface area contributed by atoms with E-state index in [1.807, 2.05) is 48.3 Å². The molecule has 0 spiro atoms. The van der Waals surface area contributed by atoms with Gasteiger partial charge in [0, 0.05) is 31.3 Å². The molecule has 1 amide bonds. The summed E-state index contributed by atoms with van der Waals surface area (Å²) in [5, 5.41) is 0.554. The lowest BCUT2D eigenvalue weighted by molar-refractivity contribution is 0.0737. The van der Waals surface area contributed by atoms with E-state index in [1.54, 1.807) is 6.07 Å². The van der Waals surface area contributed by atoms with Crippen molar-refractivity contribution in [3.05, 3.63) is 70.6 Å². The molecule has 1 saturated heterocycles. The van der Waals surface area contributed by atoms with Crippen LogP contribution in [0.2, 0.25) is 0 Å². The zero-order chi connectivity index (χ0) is 19.0. The summed E-state index contributed by atoms with van der Waals surface area (Å²) in [4.78, 5) is 28.9. The van der Waals surface area contributed by atoms with Gasteiger partial charge in [-0.2, -0.15) is 0 Å². The van der Waals surface area contributed by atoms with Crippen molar-refractivity contribution in [1.29, 1.82) is 0 Å². The van der Waals surface area contributed by atoms with E-state index in [2.05, 4.69) is 11.9 Å². The molecule has 3 aromatic rings. The summed E-state index contributed by atoms with van der Waals surface area (Å²) in [6.45, 7) is 1.93. The van der Waals surface area contributed by atoms with E-state index in [0.29, 0.717) is 16.5 Å². The van der Waals surface area contributed by atoms with E-state index in [4.69, 9.17) is 4.42 Å². The average molecular weight is 362 g/mol. The molecule has 1 fully saturated rings. The number of rotatable bonds is 3. The normalized spacial score (nSPS) is 17.3. The summed E-state index contributed by atoms with van der Waals surface area (Å²) >= 11 is 0. The lowest BCUT2D eigenvalue weighted by atomic mass is 10.0. The molecular weight excluding hydrogens is 340 g/mol. The van der Waals surface area contributed by atoms with Gasteiger partial charge in [-0.05, 0) is 55.4 Å². The highest BCUT2D eigenvalue weighted by atomic mass is 16.3. The average Bonchev–Trinajstić information content (AvgIpc) is 3.13. The predicted octanol–water partition coefficient (Wildman–Crippen LogP) is 3.24. The summed E-state index contributed by atoms with van der Waals surface area (Å²) < 4.78 is 5.47. The van der Waals surface area contributed by atoms with E-state index in [-0.39, 0.29) is 17.4 Å². The van der Waals surface area contributed by atoms with Crippen molar-refractivity contribution >= 4 is 16.9 Å². The maximum Gasteiger partial charge on any atom is 0.253 e. The summed E-state index contributed by atoms with van der Waals surface area (Å²) in [5.74, 6) is 0.0319. The van der Waals surface area contributed by atoms with Gasteiger partial charge in [0.05, 0.1) is 11.6 Å². The smallest absolute Gasteiger partial charge is 0.253 e. The van der Waals surface area contributed by atoms with Gasteiger partial charge in [-0.1, -0.05) is 18.2 Å². The van der Waals surface area contributed by atoms with Crippen LogP contribution in [-0.4, -0.2) is 48.9 Å². The monoisotopic (exact) mass is 362 g/mol. The predicted molar refractivity (Wildman–Crippen MR) is 106 cm³/mol. The molecule has 0 saturated carbocycles. The first-order chi connectivity index (χ1) is 13.0. The Morgan fingerprint density at radius 3 is 2.74 bits per heavy atom. The standard InChI is InChI=1S/C22H22N2O3/c1-23-10-8-18(14-23)24(2)22(26)17-5-3-4-15(12-17)16-6-7-19-20(25)9-11-27-21(19)13-16/h3-7,9,11-13,18H,8,10,14H2,1-2H3/t18-/m0/s1. The number of carbonyl (C=O) groups excluding carboxylic acids is 1. The third-order valence-electron chi connectivity index (χ3n) is 5.34. The number of benzene rings is 2. The number of likely N-dealkylation sites (N-methyl/N-ethyl adjacent to an activating group) is 2. The highest BCUT2D eigenvalue weighted by Crippen LogP contribution is 2.25. The fourth-order valence-electron chi connectivity index (χ4n) is 3.69. The minimum absolute atomic E-state index is 0.0319. The maximum absolute atomic E-state index is 12.9. The SMILES string of the molecule is CN1CC[C@H](N(C)C(=O)c2cccc(-c3ccc4c(=O)ccoc4c3)c2)C1. The van der Waals surface area contributed by atoms with Crippen LogP contribution in [0.15, 0.2) is 64.0 Å². The topological polar surface area (TPSA) is 53.8 Å². The van der Waals surface area contributed by atoms with Gasteiger partial charge in [0.2, 0.25) is 0 Å². The Bertz CT molecular complexity index is 1060. The van der Waals surface area contributed by atoms with Gasteiger partial charge < -0.3 is 14.2 Å². The molecule has 2 aromatic carbocycles. The second-order valence-corrected chi connectivity index (χ2v) is 7.20. The molecular formula is C22H22N2O3. The third-order valence-corrected chi connectivity index (χ3v) is 5.34. The first-order valence-electron chi connectivity index (χ1n) is 9.10. The Hall–Kier alpha value is -2.92. The van der Waals surface area contributed by atoms with E-state index >= 15 is 0 Å². The van der Waals surface area contributed by atoms with Crippen molar-refractivity contribution in [1.82, 2.24) is 9.80 Å². The number of likely N-dealkylation sites (tertiary alicyclic amines) is 1. The van der Waals surface area contributed by atoms with Gasteiger partial charge in [0.1, 0.15) is 5.58 Å². The van der Waals surface area contributed by atoms with Gasteiger partial charge in [-0.25, -0.2) is 0 Å². The number of amides is 1. The third kappa shape index (κ3) is 3.38. The number of hydrogen-bond donors (Lipinski definition) is 0. The van der Waals surface area contributed by atoms with Crippen molar-refractivity contribution in [2.24, 2.45) is 0 Å². The summed E-state index contributed by atoms with van der Waals surface area (Å²) in [5.41, 5.74) is 2.98. The van der Waals surface area contributed by atoms with Crippen molar-refractivity contribution in [3.8, 4) is 11.1 Å². The Morgan fingerprint density at radius 2 is 1.96 bits per heavy atom. The van der Waals surface area contributed by atoms with E-state index < -0.39 is 0 Å². The lowest BCUT2D eigenvalue weighted by Crippen LogP contribution is -2.38. The van der Waals surface area contributed by atoms with E-state index in [0.717, 1.165) is 30.6 Å². The molecule has 0 radical (unpaired) electrons. The maximum atomic E-state index is 12.9. The van der Waals surface area contributed by atoms with Gasteiger partial charge >= 0.3 is 0 Å². The molecule has 1 aromatic heterocycles. The Morgan fingerprint density at radius 1 is 1.15 bits per heavy atom. The van der Waals surface area contributed by atoms with Crippen LogP contribution in [0, 0.1) is 0 Å². The van der Waals surface area contributed by atoms with Gasteiger partial charge in [0.25, 0.3) is 5.91 Å². The summed E-state index contributed by atoms with van der Waals surface area (Å²) in [7, 11) is 3.96. The zero-order valence-corrected chi connectivity index (χ0v) is 15.5. The van der Waals surface area contributed by atoms with Crippen molar-refractivity contribution < 1.29 is 9.21 Å². The molecule has 0 N–H and O–H groups in total. The lowest BCUT2D eigenvalue weighted by Gasteiger charge is -2.24. The Labute approximate surface area is 157 Å². The highest BCUT2D eigenvalue weighted by molar-refractivity contribution is 5.96. The van der Waals surface area contributed by atoms with Crippen molar-refractivity contribution in [2.45, 2.75) is 12.5 Å². The van der Waals surface area contributed by atoms with Crippen LogP contribution in [0.5, 0.6) is 0 Å². The van der Waals surface area contributed by atoms with Crippen LogP contribution in [0.1, 0.15) is 16.8 Å². The first kappa shape index (κ1) is 17.5. The number of fused-ring (bicyclic) bond motifs is 1. The van der Waals surface area contributed by atoms with Crippen LogP contribution in [0.4, 0.5) is 0 Å². The molecule has 0 aliphatic carbocycles. The van der Waals surface area contributed by atoms with Crippen LogP contribution in [0.3, 0.4) is 0 Å². The second kappa shape index (κ2) is 7.00. The van der Waals surface area contributed by atoms with Gasteiger partial charge in [0.15, 0.2) is 5.43 Å². The van der Waals surface area contributed by atoms with E-state index in [1.165, 1.54) is 12.3 Å². The number of carbonyl (C=O) groups is 1. The van der Waals surface area contributed by atoms with Crippen molar-refractivity contribution in [2.75, 3.05) is 27.2 Å². The molecule has 5 heteroatoms. The molecule has 1 aliphatic rings. The molecule has 5 nitrogen and oxygen atoms in total. The van der Waals surface area contributed by atoms with Gasteiger partial charge in [-0.3, -0.25) is 9.59 Å². The molecule has 2 heterocycles. The minimum atomic E-state index is -0.0603. The largest absolute Gasteiger partial charge is 0.464 e. The highest BCUT2D eigenvalue weighted by Gasteiger charge is 2.27. The summed E-state index contributed by atoms with van der Waals surface area (Å²) in [6, 6.07) is 14.8. The Balaban J connectivity index is 1.64. The van der Waals surface area contributed by atoms with Crippen LogP contribution in [-0.2, 0) is 0 Å². The van der Waals surface area contributed by atoms with E-state index in [9.17, 15) is 9.59 Å². The quantitative estimate of drug-likeness (QED) is 0.718. The number of nitrogens with zero attached hydrogens (tertiary/aromatic N) is 2. The molecule has 0 unspecified atom stereocenters. The molecule has 1 aliphatic heterocycles. The molecule has 1 atom stereocenters. The second-order valence-electron chi connectivity index (χ2n) is 7.20. The van der Waals surface area contributed by atoms with Crippen LogP contribution in [0.25, 0.3) is 22.1 Å². The fraction of sp³-hybridized carbons (Fsp3) is 0.273. The fourth-order valence-corrected chi connectivity index (χ4v) is 3.69. The molecule has 138 valence electrons. The minimum Gasteiger partial charge on any atom is -0.464 e. The Kier molecular flexibility index (Phi) is 4.54. The first-order valence-corrected chi connectivity index (χ1v) is 9.10. The van der Waals surface area contributed by atoms with Crippen LogP contribution >= 0.6 is 0 Å². The molecule has 4 rings (SSSR count). The molecule has 27 heavy (non-hydrogen) atoms. The van der Waals surface area contributed by atoms with Crippen molar-refractivity contribution in [3.63, 3.8) is 0 Å². The summed E-state index contributed by atoms with van der Waals surface area (Å²) in [6.07, 6.45) is 2.41. The van der Waals surface area contributed by atoms with Gasteiger partial charge in [-0.15, -0.1) is 0 Å². The van der Waals surface area contributed by atoms with Crippen LogP contribution < -0.4 is 5.43 Å². The zero-order valence-electron chi connectivity index (χ0n) is 15.5.